The molecule has 0 amide bonds. The summed E-state index contributed by atoms with van der Waals surface area (Å²) in [7, 11) is 0. The van der Waals surface area contributed by atoms with Gasteiger partial charge >= 0.3 is 0 Å². The molecule has 0 N–H and O–H groups in total. The molecule has 0 aliphatic carbocycles. The number of Topliss-reactive ketones (excluding diaryl/α,β-unsaturated/α-hetero) is 1. The van der Waals surface area contributed by atoms with Crippen molar-refractivity contribution in [1.82, 2.24) is 0 Å². The molecule has 1 aliphatic rings. The maximum Gasteiger partial charge on any atom is 0.218 e. The highest BCUT2D eigenvalue weighted by atomic mass is 16.5. The standard InChI is InChI=1S/C12H10O3/c1-8(13)12-10(14)7-11(15-12)9-5-3-2-4-6-9/h2-7,12H,1H3. The molecule has 0 saturated carbocycles. The molecule has 0 spiro atoms. The summed E-state index contributed by atoms with van der Waals surface area (Å²) in [6.45, 7) is 1.35. The first-order chi connectivity index (χ1) is 7.18. The molecule has 0 aromatic heterocycles. The number of rotatable bonds is 2. The first-order valence-corrected chi connectivity index (χ1v) is 4.66. The molecule has 1 heterocycles. The highest BCUT2D eigenvalue weighted by molar-refractivity contribution is 6.14. The Hall–Kier alpha value is -1.90. The molecule has 0 bridgehead atoms. The van der Waals surface area contributed by atoms with Crippen molar-refractivity contribution in [2.75, 3.05) is 0 Å². The summed E-state index contributed by atoms with van der Waals surface area (Å²) in [5.41, 5.74) is 0.814. The summed E-state index contributed by atoms with van der Waals surface area (Å²) in [5.74, 6) is -0.0654. The van der Waals surface area contributed by atoms with E-state index in [1.807, 2.05) is 30.3 Å². The van der Waals surface area contributed by atoms with Crippen LogP contribution in [0.4, 0.5) is 0 Å². The SMILES string of the molecule is CC(=O)C1OC(c2ccccc2)=CC1=O. The van der Waals surface area contributed by atoms with Gasteiger partial charge in [-0.05, 0) is 6.92 Å². The number of hydrogen-bond donors (Lipinski definition) is 0. The largest absolute Gasteiger partial charge is 0.474 e. The Kier molecular flexibility index (Phi) is 2.37. The Labute approximate surface area is 87.4 Å². The van der Waals surface area contributed by atoms with E-state index in [9.17, 15) is 9.59 Å². The smallest absolute Gasteiger partial charge is 0.218 e. The predicted molar refractivity (Wildman–Crippen MR) is 55.0 cm³/mol. The molecule has 1 aliphatic heterocycles. The van der Waals surface area contributed by atoms with Gasteiger partial charge in [-0.3, -0.25) is 9.59 Å². The van der Waals surface area contributed by atoms with E-state index in [-0.39, 0.29) is 11.6 Å². The fraction of sp³-hybridized carbons (Fsp3) is 0.167. The number of hydrogen-bond acceptors (Lipinski definition) is 3. The lowest BCUT2D eigenvalue weighted by atomic mass is 10.1. The van der Waals surface area contributed by atoms with Crippen molar-refractivity contribution in [2.24, 2.45) is 0 Å². The second-order valence-corrected chi connectivity index (χ2v) is 3.39. The van der Waals surface area contributed by atoms with Crippen LogP contribution in [0.3, 0.4) is 0 Å². The van der Waals surface area contributed by atoms with E-state index >= 15 is 0 Å². The normalized spacial score (nSPS) is 19.7. The van der Waals surface area contributed by atoms with Gasteiger partial charge in [0.25, 0.3) is 0 Å². The van der Waals surface area contributed by atoms with Gasteiger partial charge in [-0.15, -0.1) is 0 Å². The van der Waals surface area contributed by atoms with Crippen molar-refractivity contribution >= 4 is 17.3 Å². The quantitative estimate of drug-likeness (QED) is 0.684. The molecule has 0 radical (unpaired) electrons. The van der Waals surface area contributed by atoms with Gasteiger partial charge in [-0.2, -0.15) is 0 Å². The van der Waals surface area contributed by atoms with E-state index in [2.05, 4.69) is 0 Å². The second kappa shape index (κ2) is 3.69. The zero-order valence-electron chi connectivity index (χ0n) is 8.27. The third-order valence-corrected chi connectivity index (χ3v) is 2.20. The first kappa shape index (κ1) is 9.65. The van der Waals surface area contributed by atoms with Crippen LogP contribution in [-0.2, 0) is 14.3 Å². The summed E-state index contributed by atoms with van der Waals surface area (Å²) in [5, 5.41) is 0. The van der Waals surface area contributed by atoms with Crippen LogP contribution in [0.2, 0.25) is 0 Å². The molecular weight excluding hydrogens is 192 g/mol. The van der Waals surface area contributed by atoms with Gasteiger partial charge in [0.2, 0.25) is 11.9 Å². The number of carbonyl (C=O) groups excluding carboxylic acids is 2. The Morgan fingerprint density at radius 3 is 2.47 bits per heavy atom. The predicted octanol–water partition coefficient (Wildman–Crippen LogP) is 1.58. The molecule has 1 atom stereocenters. The minimum atomic E-state index is -0.944. The number of ether oxygens (including phenoxy) is 1. The number of ketones is 2. The van der Waals surface area contributed by atoms with Crippen molar-refractivity contribution in [2.45, 2.75) is 13.0 Å². The molecule has 76 valence electrons. The average Bonchev–Trinajstić information content (AvgIpc) is 2.62. The van der Waals surface area contributed by atoms with Crippen LogP contribution in [0.15, 0.2) is 36.4 Å². The van der Waals surface area contributed by atoms with E-state index in [0.29, 0.717) is 5.76 Å². The van der Waals surface area contributed by atoms with E-state index < -0.39 is 6.10 Å². The first-order valence-electron chi connectivity index (χ1n) is 4.66. The van der Waals surface area contributed by atoms with Crippen molar-refractivity contribution in [3.63, 3.8) is 0 Å². The summed E-state index contributed by atoms with van der Waals surface area (Å²) in [4.78, 5) is 22.4. The summed E-state index contributed by atoms with van der Waals surface area (Å²) in [6, 6.07) is 9.25. The molecule has 2 rings (SSSR count). The highest BCUT2D eigenvalue weighted by Crippen LogP contribution is 2.24. The van der Waals surface area contributed by atoms with Crippen LogP contribution in [0.5, 0.6) is 0 Å². The Morgan fingerprint density at radius 2 is 1.93 bits per heavy atom. The molecule has 1 aromatic rings. The summed E-state index contributed by atoms with van der Waals surface area (Å²) >= 11 is 0. The van der Waals surface area contributed by atoms with Crippen LogP contribution in [0.25, 0.3) is 5.76 Å². The van der Waals surface area contributed by atoms with Gasteiger partial charge in [0.1, 0.15) is 5.76 Å². The van der Waals surface area contributed by atoms with Crippen molar-refractivity contribution in [3.05, 3.63) is 42.0 Å². The average molecular weight is 202 g/mol. The zero-order valence-corrected chi connectivity index (χ0v) is 8.27. The monoisotopic (exact) mass is 202 g/mol. The van der Waals surface area contributed by atoms with E-state index in [1.54, 1.807) is 0 Å². The second-order valence-electron chi connectivity index (χ2n) is 3.39. The molecule has 1 unspecified atom stereocenters. The minimum Gasteiger partial charge on any atom is -0.474 e. The van der Waals surface area contributed by atoms with E-state index in [0.717, 1.165) is 5.56 Å². The molecule has 0 fully saturated rings. The van der Waals surface area contributed by atoms with Crippen molar-refractivity contribution in [3.8, 4) is 0 Å². The van der Waals surface area contributed by atoms with Gasteiger partial charge in [0.15, 0.2) is 5.78 Å². The van der Waals surface area contributed by atoms with Crippen LogP contribution in [0.1, 0.15) is 12.5 Å². The Morgan fingerprint density at radius 1 is 1.27 bits per heavy atom. The lowest BCUT2D eigenvalue weighted by molar-refractivity contribution is -0.132. The summed E-state index contributed by atoms with van der Waals surface area (Å²) in [6.07, 6.45) is 0.432. The third kappa shape index (κ3) is 1.81. The zero-order chi connectivity index (χ0) is 10.8. The van der Waals surface area contributed by atoms with Crippen molar-refractivity contribution in [1.29, 1.82) is 0 Å². The van der Waals surface area contributed by atoms with Gasteiger partial charge in [-0.1, -0.05) is 30.3 Å². The lowest BCUT2D eigenvalue weighted by Gasteiger charge is -2.08. The maximum atomic E-state index is 11.4. The lowest BCUT2D eigenvalue weighted by Crippen LogP contribution is -2.24. The topological polar surface area (TPSA) is 43.4 Å². The van der Waals surface area contributed by atoms with Gasteiger partial charge in [0.05, 0.1) is 0 Å². The van der Waals surface area contributed by atoms with E-state index in [4.69, 9.17) is 4.74 Å². The molecule has 1 aromatic carbocycles. The Bertz CT molecular complexity index is 431. The summed E-state index contributed by atoms with van der Waals surface area (Å²) < 4.78 is 5.28. The molecule has 3 nitrogen and oxygen atoms in total. The van der Waals surface area contributed by atoms with Crippen LogP contribution >= 0.6 is 0 Å². The van der Waals surface area contributed by atoms with Gasteiger partial charge in [-0.25, -0.2) is 0 Å². The molecule has 15 heavy (non-hydrogen) atoms. The van der Waals surface area contributed by atoms with Crippen LogP contribution in [0, 0.1) is 0 Å². The van der Waals surface area contributed by atoms with Crippen LogP contribution in [-0.4, -0.2) is 17.7 Å². The molecular formula is C12H10O3. The molecule has 0 saturated heterocycles. The number of carbonyl (C=O) groups is 2. The highest BCUT2D eigenvalue weighted by Gasteiger charge is 2.31. The van der Waals surface area contributed by atoms with E-state index in [1.165, 1.54) is 13.0 Å². The van der Waals surface area contributed by atoms with Crippen LogP contribution < -0.4 is 0 Å². The van der Waals surface area contributed by atoms with Gasteiger partial charge < -0.3 is 4.74 Å². The van der Waals surface area contributed by atoms with Crippen molar-refractivity contribution < 1.29 is 14.3 Å². The maximum absolute atomic E-state index is 11.4. The van der Waals surface area contributed by atoms with Gasteiger partial charge in [0, 0.05) is 11.6 Å². The molecule has 3 heteroatoms. The third-order valence-electron chi connectivity index (χ3n) is 2.20. The number of benzene rings is 1. The Balaban J connectivity index is 2.25. The fourth-order valence-corrected chi connectivity index (χ4v) is 1.46. The fourth-order valence-electron chi connectivity index (χ4n) is 1.46. The minimum absolute atomic E-state index is 0.262.